The van der Waals surface area contributed by atoms with E-state index in [4.69, 9.17) is 4.42 Å². The van der Waals surface area contributed by atoms with Gasteiger partial charge in [0.1, 0.15) is 11.2 Å². The summed E-state index contributed by atoms with van der Waals surface area (Å²) in [6.07, 6.45) is 0. The highest BCUT2D eigenvalue weighted by molar-refractivity contribution is 6.27. The van der Waals surface area contributed by atoms with Crippen LogP contribution in [0.15, 0.2) is 162 Å². The van der Waals surface area contributed by atoms with Crippen LogP contribution in [-0.4, -0.2) is 0 Å². The molecular formula is C44H26O. The molecule has 10 aromatic rings. The molecular weight excluding hydrogens is 544 g/mol. The predicted octanol–water partition coefficient (Wildman–Crippen LogP) is 12.7. The Bertz CT molecular complexity index is 2760. The van der Waals surface area contributed by atoms with E-state index >= 15 is 0 Å². The molecule has 0 saturated carbocycles. The van der Waals surface area contributed by atoms with Gasteiger partial charge in [-0.1, -0.05) is 152 Å². The second-order valence-corrected chi connectivity index (χ2v) is 12.0. The number of benzene rings is 9. The summed E-state index contributed by atoms with van der Waals surface area (Å²) >= 11 is 0. The molecule has 1 heteroatoms. The summed E-state index contributed by atoms with van der Waals surface area (Å²) in [5.41, 5.74) is 6.74. The molecule has 0 aliphatic carbocycles. The van der Waals surface area contributed by atoms with Gasteiger partial charge in [-0.2, -0.15) is 0 Å². The molecule has 1 nitrogen and oxygen atoms in total. The molecule has 0 saturated heterocycles. The number of para-hydroxylation sites is 1. The smallest absolute Gasteiger partial charge is 0.143 e. The van der Waals surface area contributed by atoms with Crippen molar-refractivity contribution in [3.05, 3.63) is 158 Å². The van der Waals surface area contributed by atoms with Crippen LogP contribution in [0, 0.1) is 0 Å². The van der Waals surface area contributed by atoms with E-state index in [1.54, 1.807) is 0 Å². The van der Waals surface area contributed by atoms with Crippen molar-refractivity contribution in [1.82, 2.24) is 0 Å². The molecule has 9 aromatic carbocycles. The van der Waals surface area contributed by atoms with Crippen LogP contribution >= 0.6 is 0 Å². The van der Waals surface area contributed by atoms with Gasteiger partial charge in [-0.3, -0.25) is 0 Å². The lowest BCUT2D eigenvalue weighted by atomic mass is 9.84. The molecule has 208 valence electrons. The van der Waals surface area contributed by atoms with Crippen molar-refractivity contribution >= 4 is 75.8 Å². The van der Waals surface area contributed by atoms with Gasteiger partial charge in [0.05, 0.1) is 0 Å². The molecule has 0 unspecified atom stereocenters. The van der Waals surface area contributed by atoms with Gasteiger partial charge in [-0.05, 0) is 65.7 Å². The monoisotopic (exact) mass is 570 g/mol. The molecule has 0 N–H and O–H groups in total. The molecule has 0 amide bonds. The van der Waals surface area contributed by atoms with Crippen LogP contribution in [0.25, 0.3) is 98.1 Å². The summed E-state index contributed by atoms with van der Waals surface area (Å²) in [7, 11) is 0. The SMILES string of the molecule is c1ccc2c(c1)ccc1c(-c3c4ccccc4c(-c4cccc5c4oc4c6ccccc6ccc54)c4ccccc34)cccc12. The van der Waals surface area contributed by atoms with Crippen LogP contribution in [0.4, 0.5) is 0 Å². The zero-order valence-corrected chi connectivity index (χ0v) is 24.4. The average Bonchev–Trinajstić information content (AvgIpc) is 3.50. The van der Waals surface area contributed by atoms with Gasteiger partial charge in [0.2, 0.25) is 0 Å². The molecule has 0 bridgehead atoms. The maximum Gasteiger partial charge on any atom is 0.143 e. The Hall–Kier alpha value is -5.92. The number of hydrogen-bond donors (Lipinski definition) is 0. The first-order valence-corrected chi connectivity index (χ1v) is 15.5. The first-order valence-electron chi connectivity index (χ1n) is 15.5. The van der Waals surface area contributed by atoms with Gasteiger partial charge < -0.3 is 4.42 Å². The number of furan rings is 1. The molecule has 45 heavy (non-hydrogen) atoms. The molecule has 1 heterocycles. The van der Waals surface area contributed by atoms with E-state index in [0.717, 1.165) is 32.9 Å². The van der Waals surface area contributed by atoms with Gasteiger partial charge in [-0.15, -0.1) is 0 Å². The first kappa shape index (κ1) is 24.5. The van der Waals surface area contributed by atoms with Crippen molar-refractivity contribution in [3.63, 3.8) is 0 Å². The standard InChI is InChI=1S/C44H26O/c1-3-13-29-27(11-1)23-25-32-31(29)19-9-20-33(32)41-34-15-5-7-17-36(34)42(37-18-8-6-16-35(37)41)40-22-10-21-38-39-26-24-28-12-2-4-14-30(28)43(39)45-44(38)40/h1-26H. The van der Waals surface area contributed by atoms with Gasteiger partial charge in [0, 0.05) is 27.3 Å². The normalized spacial score (nSPS) is 12.0. The first-order chi connectivity index (χ1) is 22.3. The maximum absolute atomic E-state index is 6.86. The Balaban J connectivity index is 1.35. The minimum Gasteiger partial charge on any atom is -0.455 e. The van der Waals surface area contributed by atoms with Crippen LogP contribution in [0.3, 0.4) is 0 Å². The van der Waals surface area contributed by atoms with Crippen LogP contribution in [0.2, 0.25) is 0 Å². The van der Waals surface area contributed by atoms with Gasteiger partial charge >= 0.3 is 0 Å². The fourth-order valence-electron chi connectivity index (χ4n) is 7.69. The van der Waals surface area contributed by atoms with Gasteiger partial charge in [0.15, 0.2) is 0 Å². The molecule has 0 aliphatic rings. The second-order valence-electron chi connectivity index (χ2n) is 12.0. The van der Waals surface area contributed by atoms with E-state index in [0.29, 0.717) is 0 Å². The lowest BCUT2D eigenvalue weighted by molar-refractivity contribution is 0.674. The maximum atomic E-state index is 6.86. The Labute approximate surface area is 259 Å². The Kier molecular flexibility index (Phi) is 5.06. The fraction of sp³-hybridized carbons (Fsp3) is 0. The molecule has 0 fully saturated rings. The number of hydrogen-bond acceptors (Lipinski definition) is 1. The quantitative estimate of drug-likeness (QED) is 0.149. The average molecular weight is 571 g/mol. The lowest BCUT2D eigenvalue weighted by Crippen LogP contribution is -1.92. The van der Waals surface area contributed by atoms with E-state index in [-0.39, 0.29) is 0 Å². The molecule has 0 radical (unpaired) electrons. The van der Waals surface area contributed by atoms with Crippen molar-refractivity contribution < 1.29 is 4.42 Å². The van der Waals surface area contributed by atoms with Crippen molar-refractivity contribution in [2.45, 2.75) is 0 Å². The van der Waals surface area contributed by atoms with E-state index in [2.05, 4.69) is 158 Å². The third kappa shape index (κ3) is 3.44. The van der Waals surface area contributed by atoms with E-state index in [9.17, 15) is 0 Å². The summed E-state index contributed by atoms with van der Waals surface area (Å²) < 4.78 is 6.86. The zero-order chi connectivity index (χ0) is 29.5. The lowest BCUT2D eigenvalue weighted by Gasteiger charge is -2.19. The molecule has 0 aliphatic heterocycles. The largest absolute Gasteiger partial charge is 0.455 e. The van der Waals surface area contributed by atoms with Crippen LogP contribution in [0.1, 0.15) is 0 Å². The summed E-state index contributed by atoms with van der Waals surface area (Å²) in [4.78, 5) is 0. The molecule has 1 aromatic heterocycles. The van der Waals surface area contributed by atoms with Gasteiger partial charge in [0.25, 0.3) is 0 Å². The van der Waals surface area contributed by atoms with E-state index in [1.807, 2.05) is 0 Å². The predicted molar refractivity (Wildman–Crippen MR) is 192 cm³/mol. The summed E-state index contributed by atoms with van der Waals surface area (Å²) in [5.74, 6) is 0. The van der Waals surface area contributed by atoms with Crippen LogP contribution in [-0.2, 0) is 0 Å². The van der Waals surface area contributed by atoms with Crippen molar-refractivity contribution in [2.75, 3.05) is 0 Å². The fourth-order valence-corrected chi connectivity index (χ4v) is 7.69. The van der Waals surface area contributed by atoms with Gasteiger partial charge in [-0.25, -0.2) is 0 Å². The Morgan fingerprint density at radius 1 is 0.244 bits per heavy atom. The third-order valence-electron chi connectivity index (χ3n) is 9.65. The highest BCUT2D eigenvalue weighted by atomic mass is 16.3. The molecule has 0 spiro atoms. The van der Waals surface area contributed by atoms with Crippen LogP contribution in [0.5, 0.6) is 0 Å². The summed E-state index contributed by atoms with van der Waals surface area (Å²) in [5, 5.41) is 14.7. The summed E-state index contributed by atoms with van der Waals surface area (Å²) in [6.45, 7) is 0. The van der Waals surface area contributed by atoms with Crippen molar-refractivity contribution in [3.8, 4) is 22.3 Å². The van der Waals surface area contributed by atoms with Crippen molar-refractivity contribution in [2.24, 2.45) is 0 Å². The van der Waals surface area contributed by atoms with Crippen molar-refractivity contribution in [1.29, 1.82) is 0 Å². The minimum absolute atomic E-state index is 0.934. The van der Waals surface area contributed by atoms with E-state index in [1.165, 1.54) is 65.2 Å². The minimum atomic E-state index is 0.934. The number of rotatable bonds is 2. The molecule has 0 atom stereocenters. The Morgan fingerprint density at radius 2 is 0.689 bits per heavy atom. The summed E-state index contributed by atoms with van der Waals surface area (Å²) in [6, 6.07) is 57.2. The Morgan fingerprint density at radius 3 is 1.36 bits per heavy atom. The van der Waals surface area contributed by atoms with Crippen LogP contribution < -0.4 is 0 Å². The third-order valence-corrected chi connectivity index (χ3v) is 9.65. The number of fused-ring (bicyclic) bond motifs is 10. The highest BCUT2D eigenvalue weighted by Crippen LogP contribution is 2.48. The zero-order valence-electron chi connectivity index (χ0n) is 24.4. The second kappa shape index (κ2) is 9.29. The topological polar surface area (TPSA) is 13.1 Å². The highest BCUT2D eigenvalue weighted by Gasteiger charge is 2.21. The molecule has 10 rings (SSSR count). The van der Waals surface area contributed by atoms with E-state index < -0.39 is 0 Å².